The van der Waals surface area contributed by atoms with Gasteiger partial charge in [0.15, 0.2) is 0 Å². The topological polar surface area (TPSA) is 44.4 Å². The van der Waals surface area contributed by atoms with Crippen LogP contribution in [0, 0.1) is 6.92 Å². The fraction of sp³-hybridized carbons (Fsp3) is 0.533. The van der Waals surface area contributed by atoms with E-state index in [2.05, 4.69) is 22.5 Å². The van der Waals surface area contributed by atoms with Crippen LogP contribution in [-0.4, -0.2) is 44.0 Å². The zero-order chi connectivity index (χ0) is 14.3. The molecule has 0 fully saturated rings. The van der Waals surface area contributed by atoms with Gasteiger partial charge in [-0.2, -0.15) is 0 Å². The molecule has 0 bridgehead atoms. The molecule has 0 saturated heterocycles. The van der Waals surface area contributed by atoms with Gasteiger partial charge in [-0.05, 0) is 45.1 Å². The Labute approximate surface area is 116 Å². The molecule has 0 radical (unpaired) electrons. The summed E-state index contributed by atoms with van der Waals surface area (Å²) in [7, 11) is 2.04. The maximum atomic E-state index is 12.2. The van der Waals surface area contributed by atoms with E-state index in [4.69, 9.17) is 0 Å². The second-order valence-electron chi connectivity index (χ2n) is 4.73. The number of rotatable bonds is 7. The van der Waals surface area contributed by atoms with Gasteiger partial charge in [0.1, 0.15) is 0 Å². The first-order chi connectivity index (χ1) is 9.08. The number of likely N-dealkylation sites (N-methyl/N-ethyl adjacent to an activating group) is 1. The highest BCUT2D eigenvalue weighted by molar-refractivity contribution is 5.99. The summed E-state index contributed by atoms with van der Waals surface area (Å²) in [6, 6.07) is 5.86. The van der Waals surface area contributed by atoms with Gasteiger partial charge in [-0.3, -0.25) is 4.79 Å². The lowest BCUT2D eigenvalue weighted by atomic mass is 10.1. The van der Waals surface area contributed by atoms with E-state index in [1.807, 2.05) is 39.1 Å². The SMILES string of the molecule is CCNc1cc(C)ccc1C(=O)NCCN(C)CC. The van der Waals surface area contributed by atoms with E-state index in [0.29, 0.717) is 12.1 Å². The largest absolute Gasteiger partial charge is 0.385 e. The Kier molecular flexibility index (Phi) is 6.36. The van der Waals surface area contributed by atoms with Crippen molar-refractivity contribution in [1.82, 2.24) is 10.2 Å². The van der Waals surface area contributed by atoms with Crippen LogP contribution in [0.5, 0.6) is 0 Å². The van der Waals surface area contributed by atoms with Crippen LogP contribution in [0.1, 0.15) is 29.8 Å². The highest BCUT2D eigenvalue weighted by atomic mass is 16.1. The lowest BCUT2D eigenvalue weighted by Crippen LogP contribution is -2.33. The van der Waals surface area contributed by atoms with E-state index in [0.717, 1.165) is 30.9 Å². The van der Waals surface area contributed by atoms with Gasteiger partial charge in [-0.15, -0.1) is 0 Å². The summed E-state index contributed by atoms with van der Waals surface area (Å²) in [5.41, 5.74) is 2.77. The maximum absolute atomic E-state index is 12.2. The zero-order valence-electron chi connectivity index (χ0n) is 12.4. The molecular formula is C15H25N3O. The summed E-state index contributed by atoms with van der Waals surface area (Å²) in [6.07, 6.45) is 0. The predicted octanol–water partition coefficient (Wildman–Crippen LogP) is 2.11. The number of carbonyl (C=O) groups excluding carboxylic acids is 1. The number of amides is 1. The molecule has 106 valence electrons. The molecule has 0 saturated carbocycles. The smallest absolute Gasteiger partial charge is 0.253 e. The van der Waals surface area contributed by atoms with Crippen LogP contribution in [0.2, 0.25) is 0 Å². The number of nitrogens with one attached hydrogen (secondary N) is 2. The third-order valence-electron chi connectivity index (χ3n) is 3.11. The van der Waals surface area contributed by atoms with Crippen LogP contribution < -0.4 is 10.6 Å². The first-order valence-corrected chi connectivity index (χ1v) is 6.89. The molecule has 4 heteroatoms. The third kappa shape index (κ3) is 4.91. The Morgan fingerprint density at radius 2 is 2.05 bits per heavy atom. The second kappa shape index (κ2) is 7.79. The first kappa shape index (κ1) is 15.5. The number of aryl methyl sites for hydroxylation is 1. The van der Waals surface area contributed by atoms with Crippen molar-refractivity contribution in [1.29, 1.82) is 0 Å². The van der Waals surface area contributed by atoms with Gasteiger partial charge in [0.25, 0.3) is 5.91 Å². The summed E-state index contributed by atoms with van der Waals surface area (Å²) >= 11 is 0. The lowest BCUT2D eigenvalue weighted by molar-refractivity contribution is 0.0951. The molecule has 0 aromatic heterocycles. The van der Waals surface area contributed by atoms with Crippen molar-refractivity contribution in [3.63, 3.8) is 0 Å². The number of nitrogens with zero attached hydrogens (tertiary/aromatic N) is 1. The number of benzene rings is 1. The molecule has 2 N–H and O–H groups in total. The molecule has 0 atom stereocenters. The zero-order valence-corrected chi connectivity index (χ0v) is 12.4. The van der Waals surface area contributed by atoms with Gasteiger partial charge in [-0.25, -0.2) is 0 Å². The quantitative estimate of drug-likeness (QED) is 0.792. The summed E-state index contributed by atoms with van der Waals surface area (Å²) in [5, 5.41) is 6.20. The van der Waals surface area contributed by atoms with Gasteiger partial charge >= 0.3 is 0 Å². The standard InChI is InChI=1S/C15H25N3O/c1-5-16-14-11-12(3)7-8-13(14)15(19)17-9-10-18(4)6-2/h7-8,11,16H,5-6,9-10H2,1-4H3,(H,17,19). The molecule has 0 heterocycles. The van der Waals surface area contributed by atoms with Crippen molar-refractivity contribution >= 4 is 11.6 Å². The van der Waals surface area contributed by atoms with Crippen LogP contribution in [0.15, 0.2) is 18.2 Å². The fourth-order valence-electron chi connectivity index (χ4n) is 1.81. The molecule has 1 aromatic rings. The molecule has 0 aliphatic carbocycles. The van der Waals surface area contributed by atoms with E-state index >= 15 is 0 Å². The Hall–Kier alpha value is -1.55. The normalized spacial score (nSPS) is 10.6. The van der Waals surface area contributed by atoms with Crippen molar-refractivity contribution in [3.05, 3.63) is 29.3 Å². The van der Waals surface area contributed by atoms with Gasteiger partial charge in [0, 0.05) is 25.3 Å². The van der Waals surface area contributed by atoms with Crippen molar-refractivity contribution in [2.75, 3.05) is 38.5 Å². The Bertz CT molecular complexity index is 418. The molecule has 1 rings (SSSR count). The van der Waals surface area contributed by atoms with Gasteiger partial charge in [0.2, 0.25) is 0 Å². The average molecular weight is 263 g/mol. The monoisotopic (exact) mass is 263 g/mol. The van der Waals surface area contributed by atoms with Gasteiger partial charge in [0.05, 0.1) is 5.56 Å². The average Bonchev–Trinajstić information content (AvgIpc) is 2.38. The molecular weight excluding hydrogens is 238 g/mol. The van der Waals surface area contributed by atoms with Gasteiger partial charge in [-0.1, -0.05) is 13.0 Å². The minimum Gasteiger partial charge on any atom is -0.385 e. The van der Waals surface area contributed by atoms with Crippen molar-refractivity contribution in [2.45, 2.75) is 20.8 Å². The molecule has 0 unspecified atom stereocenters. The summed E-state index contributed by atoms with van der Waals surface area (Å²) in [5.74, 6) is -0.0135. The Balaban J connectivity index is 2.65. The van der Waals surface area contributed by atoms with Crippen LogP contribution in [0.4, 0.5) is 5.69 Å². The second-order valence-corrected chi connectivity index (χ2v) is 4.73. The minimum absolute atomic E-state index is 0.0135. The van der Waals surface area contributed by atoms with E-state index in [1.54, 1.807) is 0 Å². The highest BCUT2D eigenvalue weighted by Crippen LogP contribution is 2.17. The molecule has 0 aliphatic rings. The number of hydrogen-bond acceptors (Lipinski definition) is 3. The summed E-state index contributed by atoms with van der Waals surface area (Å²) in [6.45, 7) is 9.49. The molecule has 4 nitrogen and oxygen atoms in total. The Morgan fingerprint density at radius 3 is 2.68 bits per heavy atom. The van der Waals surface area contributed by atoms with Crippen molar-refractivity contribution in [3.8, 4) is 0 Å². The lowest BCUT2D eigenvalue weighted by Gasteiger charge is -2.15. The number of carbonyl (C=O) groups is 1. The van der Waals surface area contributed by atoms with E-state index in [1.165, 1.54) is 0 Å². The van der Waals surface area contributed by atoms with E-state index in [-0.39, 0.29) is 5.91 Å². The number of anilines is 1. The van der Waals surface area contributed by atoms with Crippen LogP contribution in [-0.2, 0) is 0 Å². The number of hydrogen-bond donors (Lipinski definition) is 2. The van der Waals surface area contributed by atoms with Crippen molar-refractivity contribution < 1.29 is 4.79 Å². The predicted molar refractivity (Wildman–Crippen MR) is 80.8 cm³/mol. The van der Waals surface area contributed by atoms with Gasteiger partial charge < -0.3 is 15.5 Å². The Morgan fingerprint density at radius 1 is 1.32 bits per heavy atom. The maximum Gasteiger partial charge on any atom is 0.253 e. The van der Waals surface area contributed by atoms with Crippen LogP contribution in [0.25, 0.3) is 0 Å². The van der Waals surface area contributed by atoms with Crippen LogP contribution in [0.3, 0.4) is 0 Å². The molecule has 19 heavy (non-hydrogen) atoms. The first-order valence-electron chi connectivity index (χ1n) is 6.89. The molecule has 0 spiro atoms. The van der Waals surface area contributed by atoms with Crippen LogP contribution >= 0.6 is 0 Å². The van der Waals surface area contributed by atoms with E-state index in [9.17, 15) is 4.79 Å². The fourth-order valence-corrected chi connectivity index (χ4v) is 1.81. The summed E-state index contributed by atoms with van der Waals surface area (Å²) in [4.78, 5) is 14.3. The summed E-state index contributed by atoms with van der Waals surface area (Å²) < 4.78 is 0. The van der Waals surface area contributed by atoms with E-state index < -0.39 is 0 Å². The van der Waals surface area contributed by atoms with Crippen molar-refractivity contribution in [2.24, 2.45) is 0 Å². The minimum atomic E-state index is -0.0135. The highest BCUT2D eigenvalue weighted by Gasteiger charge is 2.10. The third-order valence-corrected chi connectivity index (χ3v) is 3.11. The molecule has 1 amide bonds. The molecule has 0 aliphatic heterocycles. The molecule has 1 aromatic carbocycles.